The highest BCUT2D eigenvalue weighted by molar-refractivity contribution is 7.48. The molecular weight excluding hydrogens is 543 g/mol. The lowest BCUT2D eigenvalue weighted by molar-refractivity contribution is 0.142. The van der Waals surface area contributed by atoms with E-state index in [0.29, 0.717) is 23.0 Å². The molecule has 9 heteroatoms. The number of benzene rings is 4. The van der Waals surface area contributed by atoms with E-state index in [-0.39, 0.29) is 19.0 Å². The molecule has 0 heterocycles. The van der Waals surface area contributed by atoms with E-state index in [1.165, 1.54) is 7.11 Å². The highest BCUT2D eigenvalue weighted by Crippen LogP contribution is 2.53. The Hall–Kier alpha value is -4.23. The van der Waals surface area contributed by atoms with Gasteiger partial charge in [0.15, 0.2) is 23.0 Å². The van der Waals surface area contributed by atoms with Gasteiger partial charge in [-0.1, -0.05) is 78.9 Å². The molecule has 0 saturated carbocycles. The van der Waals surface area contributed by atoms with Gasteiger partial charge in [-0.15, -0.1) is 0 Å². The molecule has 214 valence electrons. The Morgan fingerprint density at radius 1 is 0.561 bits per heavy atom. The Labute approximate surface area is 240 Å². The quantitative estimate of drug-likeness (QED) is 0.111. The lowest BCUT2D eigenvalue weighted by Gasteiger charge is -2.20. The van der Waals surface area contributed by atoms with Gasteiger partial charge in [0.2, 0.25) is 5.75 Å². The maximum atomic E-state index is 13.9. The minimum absolute atomic E-state index is 0.0377. The topological polar surface area (TPSA) is 81.7 Å². The maximum Gasteiger partial charge on any atom is 0.530 e. The lowest BCUT2D eigenvalue weighted by atomic mass is 10.1. The molecule has 4 rings (SSSR count). The molecule has 0 aliphatic carbocycles. The van der Waals surface area contributed by atoms with Crippen molar-refractivity contribution in [3.05, 3.63) is 113 Å². The van der Waals surface area contributed by atoms with Gasteiger partial charge in [-0.25, -0.2) is 4.57 Å². The van der Waals surface area contributed by atoms with Crippen LogP contribution in [-0.2, 0) is 26.8 Å². The first-order chi connectivity index (χ1) is 20.0. The van der Waals surface area contributed by atoms with Gasteiger partial charge in [-0.3, -0.25) is 9.05 Å². The molecule has 4 aromatic rings. The first-order valence-corrected chi connectivity index (χ1v) is 14.3. The Morgan fingerprint density at radius 3 is 1.54 bits per heavy atom. The summed E-state index contributed by atoms with van der Waals surface area (Å²) >= 11 is 0. The number of ether oxygens (including phenoxy) is 4. The van der Waals surface area contributed by atoms with Crippen LogP contribution in [0.2, 0.25) is 0 Å². The Morgan fingerprint density at radius 2 is 1.05 bits per heavy atom. The summed E-state index contributed by atoms with van der Waals surface area (Å²) < 4.78 is 53.2. The number of hydrogen-bond donors (Lipinski definition) is 0. The molecule has 0 bridgehead atoms. The minimum atomic E-state index is -4.09. The summed E-state index contributed by atoms with van der Waals surface area (Å²) in [6.45, 7) is 0.0753. The molecule has 0 aliphatic rings. The van der Waals surface area contributed by atoms with E-state index in [2.05, 4.69) is 0 Å². The zero-order chi connectivity index (χ0) is 29.1. The van der Waals surface area contributed by atoms with Crippen molar-refractivity contribution in [2.75, 3.05) is 28.4 Å². The summed E-state index contributed by atoms with van der Waals surface area (Å²) in [6, 6.07) is 27.7. The van der Waals surface area contributed by atoms with Crippen LogP contribution in [0.3, 0.4) is 0 Å². The van der Waals surface area contributed by atoms with Crippen LogP contribution < -0.4 is 23.5 Å². The molecule has 0 saturated heterocycles. The second-order valence-electron chi connectivity index (χ2n) is 8.76. The third-order valence-electron chi connectivity index (χ3n) is 6.02. The van der Waals surface area contributed by atoms with E-state index in [4.69, 9.17) is 32.5 Å². The molecule has 4 aromatic carbocycles. The largest absolute Gasteiger partial charge is 0.530 e. The van der Waals surface area contributed by atoms with Crippen molar-refractivity contribution in [1.29, 1.82) is 0 Å². The van der Waals surface area contributed by atoms with Gasteiger partial charge in [0.25, 0.3) is 0 Å². The molecule has 0 fully saturated rings. The summed E-state index contributed by atoms with van der Waals surface area (Å²) in [7, 11) is 2.10. The van der Waals surface area contributed by atoms with Crippen molar-refractivity contribution >= 4 is 20.0 Å². The van der Waals surface area contributed by atoms with Crippen molar-refractivity contribution in [3.8, 4) is 28.7 Å². The number of phosphoric ester groups is 1. The van der Waals surface area contributed by atoms with Crippen LogP contribution in [0.25, 0.3) is 12.2 Å². The van der Waals surface area contributed by atoms with Gasteiger partial charge < -0.3 is 23.5 Å². The van der Waals surface area contributed by atoms with Crippen LogP contribution in [0.1, 0.15) is 22.3 Å². The molecule has 0 N–H and O–H groups in total. The Balaban J connectivity index is 1.60. The first-order valence-electron chi connectivity index (χ1n) is 12.8. The van der Waals surface area contributed by atoms with Crippen LogP contribution in [0.4, 0.5) is 0 Å². The Kier molecular flexibility index (Phi) is 10.5. The fraction of sp³-hybridized carbons (Fsp3) is 0.188. The highest BCUT2D eigenvalue weighted by atomic mass is 31.2. The van der Waals surface area contributed by atoms with E-state index >= 15 is 0 Å². The van der Waals surface area contributed by atoms with Gasteiger partial charge in [-0.05, 0) is 46.5 Å². The van der Waals surface area contributed by atoms with Gasteiger partial charge in [0.05, 0.1) is 41.7 Å². The van der Waals surface area contributed by atoms with E-state index in [1.54, 1.807) is 33.5 Å². The molecule has 8 nitrogen and oxygen atoms in total. The van der Waals surface area contributed by atoms with Crippen LogP contribution >= 0.6 is 7.82 Å². The van der Waals surface area contributed by atoms with Gasteiger partial charge in [-0.2, -0.15) is 0 Å². The van der Waals surface area contributed by atoms with Crippen LogP contribution in [0.15, 0.2) is 91.0 Å². The molecule has 0 amide bonds. The monoisotopic (exact) mass is 576 g/mol. The van der Waals surface area contributed by atoms with Crippen molar-refractivity contribution in [2.24, 2.45) is 0 Å². The summed E-state index contributed by atoms with van der Waals surface area (Å²) in [5, 5.41) is 0. The van der Waals surface area contributed by atoms with Crippen LogP contribution in [0, 0.1) is 0 Å². The maximum absolute atomic E-state index is 13.9. The number of rotatable bonds is 14. The van der Waals surface area contributed by atoms with Gasteiger partial charge >= 0.3 is 7.82 Å². The fourth-order valence-corrected chi connectivity index (χ4v) is 5.10. The second kappa shape index (κ2) is 14.4. The molecule has 0 atom stereocenters. The third-order valence-corrected chi connectivity index (χ3v) is 7.33. The van der Waals surface area contributed by atoms with E-state index < -0.39 is 7.82 Å². The molecule has 0 unspecified atom stereocenters. The molecular formula is C32H33O8P. The van der Waals surface area contributed by atoms with E-state index in [9.17, 15) is 4.57 Å². The molecule has 0 radical (unpaired) electrons. The SMILES string of the molecule is COc1ccc(/C=C/c2cc(OC)c(OC)c(OC)c2)cc1OP(=O)(OCc1ccccc1)OCc1ccccc1. The van der Waals surface area contributed by atoms with Crippen molar-refractivity contribution < 1.29 is 37.1 Å². The van der Waals surface area contributed by atoms with E-state index in [0.717, 1.165) is 22.3 Å². The minimum Gasteiger partial charge on any atom is -0.493 e. The average Bonchev–Trinajstić information content (AvgIpc) is 3.02. The van der Waals surface area contributed by atoms with Crippen molar-refractivity contribution in [1.82, 2.24) is 0 Å². The molecule has 0 spiro atoms. The summed E-state index contributed by atoms with van der Waals surface area (Å²) in [4.78, 5) is 0. The molecule has 41 heavy (non-hydrogen) atoms. The second-order valence-corrected chi connectivity index (χ2v) is 10.4. The fourth-order valence-electron chi connectivity index (χ4n) is 3.92. The zero-order valence-electron chi connectivity index (χ0n) is 23.4. The highest BCUT2D eigenvalue weighted by Gasteiger charge is 2.30. The predicted molar refractivity (Wildman–Crippen MR) is 159 cm³/mol. The van der Waals surface area contributed by atoms with Crippen LogP contribution in [0.5, 0.6) is 28.7 Å². The molecule has 0 aromatic heterocycles. The lowest BCUT2D eigenvalue weighted by Crippen LogP contribution is -2.04. The average molecular weight is 577 g/mol. The van der Waals surface area contributed by atoms with E-state index in [1.807, 2.05) is 91.0 Å². The zero-order valence-corrected chi connectivity index (χ0v) is 24.3. The normalized spacial score (nSPS) is 11.3. The Bertz CT molecular complexity index is 1420. The van der Waals surface area contributed by atoms with Crippen LogP contribution in [-0.4, -0.2) is 28.4 Å². The smallest absolute Gasteiger partial charge is 0.493 e. The number of phosphoric acid groups is 1. The molecule has 0 aliphatic heterocycles. The summed E-state index contributed by atoms with van der Waals surface area (Å²) in [6.07, 6.45) is 3.75. The first kappa shape index (κ1) is 29.7. The number of hydrogen-bond acceptors (Lipinski definition) is 8. The van der Waals surface area contributed by atoms with Gasteiger partial charge in [0.1, 0.15) is 0 Å². The number of methoxy groups -OCH3 is 4. The predicted octanol–water partition coefficient (Wildman–Crippen LogP) is 7.81. The summed E-state index contributed by atoms with van der Waals surface area (Å²) in [5.74, 6) is 2.18. The third kappa shape index (κ3) is 8.14. The summed E-state index contributed by atoms with van der Waals surface area (Å²) in [5.41, 5.74) is 3.23. The standard InChI is InChI=1S/C32H33O8P/c1-34-28-18-17-24(15-16-27-20-30(35-2)32(37-4)31(21-27)36-3)19-29(28)40-41(33,38-22-25-11-7-5-8-12-25)39-23-26-13-9-6-10-14-26/h5-21H,22-23H2,1-4H3/b16-15+. The van der Waals surface area contributed by atoms with Crippen molar-refractivity contribution in [2.45, 2.75) is 13.2 Å². The van der Waals surface area contributed by atoms with Crippen molar-refractivity contribution in [3.63, 3.8) is 0 Å². The van der Waals surface area contributed by atoms with Gasteiger partial charge in [0, 0.05) is 0 Å².